The summed E-state index contributed by atoms with van der Waals surface area (Å²) in [5, 5.41) is 2.81. The maximum absolute atomic E-state index is 11.3. The minimum Gasteiger partial charge on any atom is -0.268 e. The van der Waals surface area contributed by atoms with Crippen molar-refractivity contribution in [3.05, 3.63) is 57.5 Å². The number of aromatic amines is 1. The number of hydrogen-bond donors (Lipinski definition) is 1. The fourth-order valence-electron chi connectivity index (χ4n) is 2.31. The summed E-state index contributed by atoms with van der Waals surface area (Å²) in [6.07, 6.45) is 6.53. The number of H-pyrrole nitrogens is 1. The van der Waals surface area contributed by atoms with Crippen molar-refractivity contribution in [1.82, 2.24) is 9.78 Å². The fraction of sp³-hybridized carbons (Fsp3) is 0.214. The molecule has 0 atom stereocenters. The van der Waals surface area contributed by atoms with Crippen LogP contribution in [-0.2, 0) is 6.42 Å². The molecule has 0 fully saturated rings. The third-order valence-corrected chi connectivity index (χ3v) is 3.18. The summed E-state index contributed by atoms with van der Waals surface area (Å²) in [5.74, 6) is 0. The van der Waals surface area contributed by atoms with Crippen molar-refractivity contribution in [2.75, 3.05) is 0 Å². The lowest BCUT2D eigenvalue weighted by molar-refractivity contribution is 0.830. The second-order valence-corrected chi connectivity index (χ2v) is 4.42. The average Bonchev–Trinajstić information content (AvgIpc) is 2.68. The number of allylic oxidation sites excluding steroid dienone is 1. The SMILES string of the molecule is Cc1cc(=O)[nH]n1-c1ccc2c(c1)CCC=C2. The van der Waals surface area contributed by atoms with Gasteiger partial charge in [-0.3, -0.25) is 14.6 Å². The fourth-order valence-corrected chi connectivity index (χ4v) is 2.31. The van der Waals surface area contributed by atoms with Crippen LogP contribution in [0.5, 0.6) is 0 Å². The first-order chi connectivity index (χ1) is 8.24. The lowest BCUT2D eigenvalue weighted by Gasteiger charge is -2.13. The first-order valence-corrected chi connectivity index (χ1v) is 5.82. The Morgan fingerprint density at radius 3 is 2.94 bits per heavy atom. The molecule has 0 radical (unpaired) electrons. The second-order valence-electron chi connectivity index (χ2n) is 4.42. The molecule has 86 valence electrons. The third-order valence-electron chi connectivity index (χ3n) is 3.18. The Balaban J connectivity index is 2.13. The molecular weight excluding hydrogens is 212 g/mol. The zero-order valence-corrected chi connectivity index (χ0v) is 9.73. The van der Waals surface area contributed by atoms with Crippen LogP contribution >= 0.6 is 0 Å². The van der Waals surface area contributed by atoms with Crippen molar-refractivity contribution < 1.29 is 0 Å². The van der Waals surface area contributed by atoms with E-state index in [-0.39, 0.29) is 5.56 Å². The highest BCUT2D eigenvalue weighted by Crippen LogP contribution is 2.22. The van der Waals surface area contributed by atoms with Crippen LogP contribution in [0.15, 0.2) is 35.1 Å². The van der Waals surface area contributed by atoms with Crippen molar-refractivity contribution in [3.63, 3.8) is 0 Å². The number of benzene rings is 1. The van der Waals surface area contributed by atoms with Gasteiger partial charge >= 0.3 is 0 Å². The van der Waals surface area contributed by atoms with Crippen LogP contribution in [0.3, 0.4) is 0 Å². The molecule has 0 aliphatic heterocycles. The molecule has 0 amide bonds. The smallest absolute Gasteiger partial charge is 0.264 e. The molecular formula is C14H14N2O. The van der Waals surface area contributed by atoms with Gasteiger partial charge in [0.1, 0.15) is 0 Å². The molecule has 1 N–H and O–H groups in total. The van der Waals surface area contributed by atoms with Crippen LogP contribution in [0, 0.1) is 6.92 Å². The zero-order chi connectivity index (χ0) is 11.8. The predicted molar refractivity (Wildman–Crippen MR) is 68.5 cm³/mol. The van der Waals surface area contributed by atoms with Crippen molar-refractivity contribution in [2.45, 2.75) is 19.8 Å². The Morgan fingerprint density at radius 1 is 1.29 bits per heavy atom. The quantitative estimate of drug-likeness (QED) is 0.796. The Kier molecular flexibility index (Phi) is 2.25. The van der Waals surface area contributed by atoms with Gasteiger partial charge in [-0.25, -0.2) is 0 Å². The zero-order valence-electron chi connectivity index (χ0n) is 9.73. The van der Waals surface area contributed by atoms with Gasteiger partial charge in [-0.1, -0.05) is 18.2 Å². The van der Waals surface area contributed by atoms with Gasteiger partial charge in [-0.05, 0) is 43.0 Å². The third kappa shape index (κ3) is 1.73. The molecule has 17 heavy (non-hydrogen) atoms. The molecule has 0 saturated heterocycles. The number of hydrogen-bond acceptors (Lipinski definition) is 1. The lowest BCUT2D eigenvalue weighted by atomic mass is 9.97. The topological polar surface area (TPSA) is 37.8 Å². The number of aryl methyl sites for hydroxylation is 2. The van der Waals surface area contributed by atoms with E-state index in [0.717, 1.165) is 24.2 Å². The highest BCUT2D eigenvalue weighted by atomic mass is 16.1. The molecule has 1 aliphatic carbocycles. The average molecular weight is 226 g/mol. The maximum Gasteiger partial charge on any atom is 0.264 e. The monoisotopic (exact) mass is 226 g/mol. The molecule has 1 heterocycles. The molecule has 1 aromatic carbocycles. The summed E-state index contributed by atoms with van der Waals surface area (Å²) in [7, 11) is 0. The first-order valence-electron chi connectivity index (χ1n) is 5.82. The molecule has 1 aromatic heterocycles. The summed E-state index contributed by atoms with van der Waals surface area (Å²) in [6.45, 7) is 1.93. The predicted octanol–water partition coefficient (Wildman–Crippen LogP) is 2.43. The van der Waals surface area contributed by atoms with Gasteiger partial charge in [0.15, 0.2) is 0 Å². The van der Waals surface area contributed by atoms with E-state index < -0.39 is 0 Å². The lowest BCUT2D eigenvalue weighted by Crippen LogP contribution is -2.05. The van der Waals surface area contributed by atoms with Gasteiger partial charge in [-0.2, -0.15) is 0 Å². The van der Waals surface area contributed by atoms with Gasteiger partial charge in [0.05, 0.1) is 5.69 Å². The van der Waals surface area contributed by atoms with Gasteiger partial charge < -0.3 is 0 Å². The van der Waals surface area contributed by atoms with Gasteiger partial charge in [0, 0.05) is 11.8 Å². The highest BCUT2D eigenvalue weighted by Gasteiger charge is 2.08. The summed E-state index contributed by atoms with van der Waals surface area (Å²) >= 11 is 0. The highest BCUT2D eigenvalue weighted by molar-refractivity contribution is 5.59. The Labute approximate surface area is 99.4 Å². The summed E-state index contributed by atoms with van der Waals surface area (Å²) in [6, 6.07) is 7.91. The molecule has 1 aliphatic rings. The van der Waals surface area contributed by atoms with E-state index in [1.165, 1.54) is 11.1 Å². The van der Waals surface area contributed by atoms with Crippen LogP contribution in [0.25, 0.3) is 11.8 Å². The number of aromatic nitrogens is 2. The van der Waals surface area contributed by atoms with Gasteiger partial charge in [0.25, 0.3) is 5.56 Å². The van der Waals surface area contributed by atoms with E-state index in [4.69, 9.17) is 0 Å². The molecule has 0 bridgehead atoms. The number of rotatable bonds is 1. The van der Waals surface area contributed by atoms with E-state index in [2.05, 4.69) is 29.4 Å². The number of nitrogens with one attached hydrogen (secondary N) is 1. The summed E-state index contributed by atoms with van der Waals surface area (Å²) < 4.78 is 1.83. The molecule has 0 unspecified atom stereocenters. The number of fused-ring (bicyclic) bond motifs is 1. The van der Waals surface area contributed by atoms with Crippen molar-refractivity contribution in [2.24, 2.45) is 0 Å². The van der Waals surface area contributed by atoms with E-state index in [0.29, 0.717) is 0 Å². The minimum absolute atomic E-state index is 0.0554. The summed E-state index contributed by atoms with van der Waals surface area (Å²) in [5.41, 5.74) is 4.53. The van der Waals surface area contributed by atoms with Crippen molar-refractivity contribution in [3.8, 4) is 5.69 Å². The first kappa shape index (κ1) is 10.1. The van der Waals surface area contributed by atoms with Crippen LogP contribution in [0.2, 0.25) is 0 Å². The minimum atomic E-state index is -0.0554. The van der Waals surface area contributed by atoms with Crippen LogP contribution < -0.4 is 5.56 Å². The Morgan fingerprint density at radius 2 is 2.18 bits per heavy atom. The van der Waals surface area contributed by atoms with E-state index in [1.807, 2.05) is 17.7 Å². The molecule has 3 heteroatoms. The van der Waals surface area contributed by atoms with E-state index >= 15 is 0 Å². The van der Waals surface area contributed by atoms with Crippen LogP contribution in [-0.4, -0.2) is 9.78 Å². The van der Waals surface area contributed by atoms with E-state index in [1.54, 1.807) is 6.07 Å². The standard InChI is InChI=1S/C14H14N2O/c1-10-8-14(17)15-16(10)13-7-6-11-4-2-3-5-12(11)9-13/h2,4,6-9H,3,5H2,1H3,(H,15,17). The van der Waals surface area contributed by atoms with Gasteiger partial charge in [0.2, 0.25) is 0 Å². The normalized spacial score (nSPS) is 13.7. The molecule has 2 aromatic rings. The van der Waals surface area contributed by atoms with E-state index in [9.17, 15) is 4.79 Å². The maximum atomic E-state index is 11.3. The molecule has 0 spiro atoms. The Bertz CT molecular complexity index is 646. The second kappa shape index (κ2) is 3.77. The number of nitrogens with zero attached hydrogens (tertiary/aromatic N) is 1. The summed E-state index contributed by atoms with van der Waals surface area (Å²) in [4.78, 5) is 11.3. The van der Waals surface area contributed by atoms with Gasteiger partial charge in [-0.15, -0.1) is 0 Å². The molecule has 0 saturated carbocycles. The van der Waals surface area contributed by atoms with Crippen LogP contribution in [0.1, 0.15) is 23.2 Å². The Hall–Kier alpha value is -2.03. The van der Waals surface area contributed by atoms with Crippen molar-refractivity contribution >= 4 is 6.08 Å². The molecule has 3 rings (SSSR count). The van der Waals surface area contributed by atoms with Crippen molar-refractivity contribution in [1.29, 1.82) is 0 Å². The van der Waals surface area contributed by atoms with Crippen LogP contribution in [0.4, 0.5) is 0 Å². The largest absolute Gasteiger partial charge is 0.268 e. The molecule has 3 nitrogen and oxygen atoms in total.